The number of benzene rings is 1. The second-order valence-electron chi connectivity index (χ2n) is 3.03. The van der Waals surface area contributed by atoms with Crippen LogP contribution in [0.5, 0.6) is 0 Å². The first kappa shape index (κ1) is 10.0. The van der Waals surface area contributed by atoms with E-state index >= 15 is 0 Å². The van der Waals surface area contributed by atoms with Crippen molar-refractivity contribution in [2.24, 2.45) is 0 Å². The summed E-state index contributed by atoms with van der Waals surface area (Å²) in [4.78, 5) is 14.3. The van der Waals surface area contributed by atoms with Crippen molar-refractivity contribution in [3.05, 3.63) is 34.1 Å². The molecule has 0 aliphatic rings. The SMILES string of the molecule is Cc1ccc(Br)cc1-c1noc(C=O)n1. The van der Waals surface area contributed by atoms with Gasteiger partial charge in [-0.1, -0.05) is 27.2 Å². The molecule has 0 unspecified atom stereocenters. The Balaban J connectivity index is 2.52. The summed E-state index contributed by atoms with van der Waals surface area (Å²) in [6.45, 7) is 1.94. The minimum absolute atomic E-state index is 0.00984. The summed E-state index contributed by atoms with van der Waals surface area (Å²) in [5.74, 6) is 0.417. The molecule has 0 radical (unpaired) electrons. The predicted octanol–water partition coefficient (Wildman–Crippen LogP) is 2.62. The molecule has 0 aliphatic carbocycles. The van der Waals surface area contributed by atoms with Crippen molar-refractivity contribution in [3.8, 4) is 11.4 Å². The van der Waals surface area contributed by atoms with Crippen LogP contribution < -0.4 is 0 Å². The molecule has 0 amide bonds. The number of aldehydes is 1. The highest BCUT2D eigenvalue weighted by atomic mass is 79.9. The van der Waals surface area contributed by atoms with Crippen molar-refractivity contribution in [2.75, 3.05) is 0 Å². The van der Waals surface area contributed by atoms with Gasteiger partial charge in [0.15, 0.2) is 0 Å². The average molecular weight is 267 g/mol. The largest absolute Gasteiger partial charge is 0.331 e. The number of hydrogen-bond donors (Lipinski definition) is 0. The monoisotopic (exact) mass is 266 g/mol. The molecule has 76 valence electrons. The highest BCUT2D eigenvalue weighted by molar-refractivity contribution is 9.10. The standard InChI is InChI=1S/C10H7BrN2O2/c1-6-2-3-7(11)4-8(6)10-12-9(5-14)15-13-10/h2-5H,1H3. The molecule has 0 atom stereocenters. The highest BCUT2D eigenvalue weighted by Crippen LogP contribution is 2.24. The van der Waals surface area contributed by atoms with E-state index < -0.39 is 0 Å². The molecule has 4 nitrogen and oxygen atoms in total. The van der Waals surface area contributed by atoms with E-state index in [0.717, 1.165) is 15.6 Å². The molecule has 0 N–H and O–H groups in total. The molecule has 0 saturated heterocycles. The Morgan fingerprint density at radius 2 is 2.27 bits per heavy atom. The summed E-state index contributed by atoms with van der Waals surface area (Å²) in [7, 11) is 0. The van der Waals surface area contributed by atoms with Gasteiger partial charge in [0.2, 0.25) is 12.1 Å². The molecule has 1 heterocycles. The first-order chi connectivity index (χ1) is 7.20. The van der Waals surface area contributed by atoms with Gasteiger partial charge >= 0.3 is 0 Å². The summed E-state index contributed by atoms with van der Waals surface area (Å²) in [5.41, 5.74) is 1.87. The average Bonchev–Trinajstić information content (AvgIpc) is 2.70. The third-order valence-corrected chi connectivity index (χ3v) is 2.48. The first-order valence-electron chi connectivity index (χ1n) is 4.26. The van der Waals surface area contributed by atoms with Gasteiger partial charge in [0.05, 0.1) is 0 Å². The zero-order valence-electron chi connectivity index (χ0n) is 7.90. The molecule has 0 spiro atoms. The second kappa shape index (κ2) is 3.94. The van der Waals surface area contributed by atoms with Crippen molar-refractivity contribution in [2.45, 2.75) is 6.92 Å². The molecule has 0 bridgehead atoms. The smallest absolute Gasteiger partial charge is 0.291 e. The van der Waals surface area contributed by atoms with Crippen LogP contribution >= 0.6 is 15.9 Å². The third kappa shape index (κ3) is 1.97. The maximum atomic E-state index is 10.4. The maximum Gasteiger partial charge on any atom is 0.291 e. The fourth-order valence-corrected chi connectivity index (χ4v) is 1.59. The number of aromatic nitrogens is 2. The molecular weight excluding hydrogens is 260 g/mol. The number of nitrogens with zero attached hydrogens (tertiary/aromatic N) is 2. The summed E-state index contributed by atoms with van der Waals surface area (Å²) in [5, 5.41) is 3.72. The maximum absolute atomic E-state index is 10.4. The zero-order valence-corrected chi connectivity index (χ0v) is 9.48. The number of aryl methyl sites for hydroxylation is 1. The van der Waals surface area contributed by atoms with Crippen molar-refractivity contribution < 1.29 is 9.32 Å². The fourth-order valence-electron chi connectivity index (χ4n) is 1.23. The van der Waals surface area contributed by atoms with Crippen LogP contribution in [0.3, 0.4) is 0 Å². The minimum Gasteiger partial charge on any atom is -0.331 e. The normalized spacial score (nSPS) is 10.3. The Kier molecular flexibility index (Phi) is 2.64. The molecular formula is C10H7BrN2O2. The van der Waals surface area contributed by atoms with Crippen LogP contribution in [0.15, 0.2) is 27.2 Å². The molecule has 15 heavy (non-hydrogen) atoms. The quantitative estimate of drug-likeness (QED) is 0.785. The van der Waals surface area contributed by atoms with E-state index in [2.05, 4.69) is 26.1 Å². The third-order valence-electron chi connectivity index (χ3n) is 1.98. The van der Waals surface area contributed by atoms with Crippen LogP contribution in [0.2, 0.25) is 0 Å². The molecule has 0 saturated carbocycles. The van der Waals surface area contributed by atoms with E-state index in [1.165, 1.54) is 0 Å². The lowest BCUT2D eigenvalue weighted by Crippen LogP contribution is -1.86. The molecule has 1 aromatic carbocycles. The molecule has 0 fully saturated rings. The van der Waals surface area contributed by atoms with Gasteiger partial charge in [-0.25, -0.2) is 0 Å². The lowest BCUT2D eigenvalue weighted by Gasteiger charge is -2.00. The van der Waals surface area contributed by atoms with Crippen LogP contribution in [0.4, 0.5) is 0 Å². The molecule has 2 aromatic rings. The second-order valence-corrected chi connectivity index (χ2v) is 3.95. The van der Waals surface area contributed by atoms with Gasteiger partial charge in [-0.2, -0.15) is 4.98 Å². The summed E-state index contributed by atoms with van der Waals surface area (Å²) < 4.78 is 5.65. The van der Waals surface area contributed by atoms with Gasteiger partial charge in [0.25, 0.3) is 5.89 Å². The number of rotatable bonds is 2. The van der Waals surface area contributed by atoms with E-state index in [4.69, 9.17) is 4.52 Å². The Morgan fingerprint density at radius 1 is 1.47 bits per heavy atom. The van der Waals surface area contributed by atoms with Crippen LogP contribution in [0.1, 0.15) is 16.2 Å². The van der Waals surface area contributed by atoms with E-state index in [9.17, 15) is 4.79 Å². The van der Waals surface area contributed by atoms with Crippen molar-refractivity contribution in [1.29, 1.82) is 0 Å². The fraction of sp³-hybridized carbons (Fsp3) is 0.100. The van der Waals surface area contributed by atoms with Gasteiger partial charge in [-0.05, 0) is 24.6 Å². The lowest BCUT2D eigenvalue weighted by atomic mass is 10.1. The van der Waals surface area contributed by atoms with Crippen LogP contribution in [0, 0.1) is 6.92 Å². The van der Waals surface area contributed by atoms with E-state index in [1.807, 2.05) is 25.1 Å². The summed E-state index contributed by atoms with van der Waals surface area (Å²) in [6, 6.07) is 5.75. The van der Waals surface area contributed by atoms with Crippen LogP contribution in [-0.4, -0.2) is 16.4 Å². The number of carbonyl (C=O) groups is 1. The van der Waals surface area contributed by atoms with E-state index in [1.54, 1.807) is 0 Å². The van der Waals surface area contributed by atoms with E-state index in [-0.39, 0.29) is 5.89 Å². The summed E-state index contributed by atoms with van der Waals surface area (Å²) in [6.07, 6.45) is 0.532. The number of hydrogen-bond acceptors (Lipinski definition) is 4. The van der Waals surface area contributed by atoms with Gasteiger partial charge in [-0.3, -0.25) is 4.79 Å². The lowest BCUT2D eigenvalue weighted by molar-refractivity contribution is 0.108. The number of carbonyl (C=O) groups excluding carboxylic acids is 1. The highest BCUT2D eigenvalue weighted by Gasteiger charge is 2.10. The van der Waals surface area contributed by atoms with Crippen molar-refractivity contribution >= 4 is 22.2 Å². The predicted molar refractivity (Wildman–Crippen MR) is 57.6 cm³/mol. The molecule has 1 aromatic heterocycles. The number of halogens is 1. The summed E-state index contributed by atoms with van der Waals surface area (Å²) >= 11 is 3.36. The Morgan fingerprint density at radius 3 is 2.93 bits per heavy atom. The molecule has 2 rings (SSSR count). The van der Waals surface area contributed by atoms with Gasteiger partial charge in [0, 0.05) is 10.0 Å². The van der Waals surface area contributed by atoms with Crippen LogP contribution in [0.25, 0.3) is 11.4 Å². The van der Waals surface area contributed by atoms with Gasteiger partial charge in [0.1, 0.15) is 0 Å². The molecule has 5 heteroatoms. The zero-order chi connectivity index (χ0) is 10.8. The van der Waals surface area contributed by atoms with Gasteiger partial charge in [-0.15, -0.1) is 0 Å². The van der Waals surface area contributed by atoms with E-state index in [0.29, 0.717) is 12.1 Å². The van der Waals surface area contributed by atoms with Crippen LogP contribution in [-0.2, 0) is 0 Å². The van der Waals surface area contributed by atoms with Crippen molar-refractivity contribution in [1.82, 2.24) is 10.1 Å². The Hall–Kier alpha value is -1.49. The van der Waals surface area contributed by atoms with Gasteiger partial charge < -0.3 is 4.52 Å². The first-order valence-corrected chi connectivity index (χ1v) is 5.05. The topological polar surface area (TPSA) is 56.0 Å². The Bertz CT molecular complexity index is 508. The Labute approximate surface area is 94.4 Å². The van der Waals surface area contributed by atoms with Crippen molar-refractivity contribution in [3.63, 3.8) is 0 Å². The molecule has 0 aliphatic heterocycles. The minimum atomic E-state index is -0.00984.